The Morgan fingerprint density at radius 2 is 1.86 bits per heavy atom. The van der Waals surface area contributed by atoms with Crippen molar-refractivity contribution in [1.29, 1.82) is 0 Å². The van der Waals surface area contributed by atoms with Crippen LogP contribution in [0.25, 0.3) is 0 Å². The average Bonchev–Trinajstić information content (AvgIpc) is 3.05. The van der Waals surface area contributed by atoms with Crippen LogP contribution in [0.15, 0.2) is 24.3 Å². The third-order valence-electron chi connectivity index (χ3n) is 10.4. The molecule has 0 spiro atoms. The van der Waals surface area contributed by atoms with Gasteiger partial charge < -0.3 is 0 Å². The SMILES string of the molecule is C=CC(C)CCCC(C)[C@H]1CCC2C3CCC4=CC(=O)CC[C@]4(C)C3CC[C@@]21C. The lowest BCUT2D eigenvalue weighted by atomic mass is 9.46. The lowest BCUT2D eigenvalue weighted by Gasteiger charge is -2.58. The fourth-order valence-electron chi connectivity index (χ4n) is 8.62. The van der Waals surface area contributed by atoms with Gasteiger partial charge in [0.1, 0.15) is 0 Å². The van der Waals surface area contributed by atoms with Gasteiger partial charge in [0.2, 0.25) is 0 Å². The van der Waals surface area contributed by atoms with Crippen molar-refractivity contribution in [3.8, 4) is 0 Å². The third-order valence-corrected chi connectivity index (χ3v) is 10.4. The molecule has 3 fully saturated rings. The average molecular weight is 397 g/mol. The highest BCUT2D eigenvalue weighted by Gasteiger charge is 2.59. The Balaban J connectivity index is 1.47. The number of ketones is 1. The molecule has 5 unspecified atom stereocenters. The Morgan fingerprint density at radius 3 is 2.62 bits per heavy atom. The molecular formula is C28H44O. The maximum atomic E-state index is 12.0. The van der Waals surface area contributed by atoms with Crippen molar-refractivity contribution < 1.29 is 4.79 Å². The highest BCUT2D eigenvalue weighted by Crippen LogP contribution is 2.67. The van der Waals surface area contributed by atoms with Gasteiger partial charge in [0.25, 0.3) is 0 Å². The summed E-state index contributed by atoms with van der Waals surface area (Å²) in [4.78, 5) is 12.0. The molecule has 3 saturated carbocycles. The van der Waals surface area contributed by atoms with Crippen molar-refractivity contribution >= 4 is 5.78 Å². The molecule has 0 bridgehead atoms. The van der Waals surface area contributed by atoms with Gasteiger partial charge in [-0.3, -0.25) is 4.79 Å². The van der Waals surface area contributed by atoms with Crippen LogP contribution in [0.3, 0.4) is 0 Å². The first kappa shape index (κ1) is 21.4. The topological polar surface area (TPSA) is 17.1 Å². The van der Waals surface area contributed by atoms with Crippen molar-refractivity contribution in [1.82, 2.24) is 0 Å². The van der Waals surface area contributed by atoms with Gasteiger partial charge in [0.05, 0.1) is 0 Å². The summed E-state index contributed by atoms with van der Waals surface area (Å²) in [6.07, 6.45) is 18.4. The number of carbonyl (C=O) groups is 1. The van der Waals surface area contributed by atoms with Gasteiger partial charge in [0.15, 0.2) is 5.78 Å². The molecule has 29 heavy (non-hydrogen) atoms. The van der Waals surface area contributed by atoms with Crippen LogP contribution < -0.4 is 0 Å². The molecule has 0 saturated heterocycles. The first-order valence-electron chi connectivity index (χ1n) is 12.7. The molecule has 0 aromatic heterocycles. The van der Waals surface area contributed by atoms with E-state index in [9.17, 15) is 4.79 Å². The van der Waals surface area contributed by atoms with Crippen LogP contribution in [0, 0.1) is 46.3 Å². The quantitative estimate of drug-likeness (QED) is 0.419. The van der Waals surface area contributed by atoms with Gasteiger partial charge in [-0.25, -0.2) is 0 Å². The van der Waals surface area contributed by atoms with Crippen LogP contribution >= 0.6 is 0 Å². The van der Waals surface area contributed by atoms with Gasteiger partial charge in [0, 0.05) is 6.42 Å². The Bertz CT molecular complexity index is 674. The molecular weight excluding hydrogens is 352 g/mol. The van der Waals surface area contributed by atoms with Crippen LogP contribution in [-0.4, -0.2) is 5.78 Å². The summed E-state index contributed by atoms with van der Waals surface area (Å²) in [7, 11) is 0. The smallest absolute Gasteiger partial charge is 0.155 e. The van der Waals surface area contributed by atoms with Crippen molar-refractivity contribution in [3.63, 3.8) is 0 Å². The maximum absolute atomic E-state index is 12.0. The Kier molecular flexibility index (Phi) is 5.91. The minimum atomic E-state index is 0.322. The number of hydrogen-bond acceptors (Lipinski definition) is 1. The number of hydrogen-bond donors (Lipinski definition) is 0. The molecule has 0 N–H and O–H groups in total. The highest BCUT2D eigenvalue weighted by atomic mass is 16.1. The van der Waals surface area contributed by atoms with E-state index in [1.54, 1.807) is 0 Å². The zero-order valence-corrected chi connectivity index (χ0v) is 19.5. The minimum Gasteiger partial charge on any atom is -0.295 e. The van der Waals surface area contributed by atoms with Gasteiger partial charge in [-0.2, -0.15) is 0 Å². The molecule has 0 aromatic rings. The number of fused-ring (bicyclic) bond motifs is 5. The predicted molar refractivity (Wildman–Crippen MR) is 123 cm³/mol. The second kappa shape index (κ2) is 8.01. The van der Waals surface area contributed by atoms with E-state index in [1.165, 1.54) is 63.4 Å². The Labute approximate surface area is 179 Å². The number of rotatable bonds is 6. The van der Waals surface area contributed by atoms with E-state index in [4.69, 9.17) is 0 Å². The Hall–Kier alpha value is -0.850. The van der Waals surface area contributed by atoms with E-state index in [1.807, 2.05) is 0 Å². The number of allylic oxidation sites excluding steroid dienone is 2. The maximum Gasteiger partial charge on any atom is 0.155 e. The van der Waals surface area contributed by atoms with Gasteiger partial charge in [-0.15, -0.1) is 6.58 Å². The molecule has 4 aliphatic carbocycles. The van der Waals surface area contributed by atoms with E-state index >= 15 is 0 Å². The van der Waals surface area contributed by atoms with E-state index < -0.39 is 0 Å². The normalized spacial score (nSPS) is 43.6. The van der Waals surface area contributed by atoms with E-state index in [-0.39, 0.29) is 0 Å². The van der Waals surface area contributed by atoms with Crippen molar-refractivity contribution in [3.05, 3.63) is 24.3 Å². The molecule has 1 heteroatoms. The fourth-order valence-corrected chi connectivity index (χ4v) is 8.62. The monoisotopic (exact) mass is 396 g/mol. The van der Waals surface area contributed by atoms with E-state index in [2.05, 4.69) is 46.4 Å². The molecule has 0 heterocycles. The summed E-state index contributed by atoms with van der Waals surface area (Å²) in [5.74, 6) is 5.50. The molecule has 0 amide bonds. The summed E-state index contributed by atoms with van der Waals surface area (Å²) >= 11 is 0. The second-order valence-electron chi connectivity index (χ2n) is 11.8. The van der Waals surface area contributed by atoms with Crippen LogP contribution in [0.4, 0.5) is 0 Å². The first-order chi connectivity index (χ1) is 13.8. The summed E-state index contributed by atoms with van der Waals surface area (Å²) in [5.41, 5.74) is 2.40. The van der Waals surface area contributed by atoms with Gasteiger partial charge in [-0.1, -0.05) is 52.2 Å². The van der Waals surface area contributed by atoms with Crippen molar-refractivity contribution in [2.45, 2.75) is 98.3 Å². The van der Waals surface area contributed by atoms with Gasteiger partial charge in [-0.05, 0) is 104 Å². The molecule has 162 valence electrons. The first-order valence-corrected chi connectivity index (χ1v) is 12.7. The third kappa shape index (κ3) is 3.59. The van der Waals surface area contributed by atoms with Crippen molar-refractivity contribution in [2.75, 3.05) is 0 Å². The Morgan fingerprint density at radius 1 is 1.07 bits per heavy atom. The molecule has 0 aliphatic heterocycles. The molecule has 0 radical (unpaired) electrons. The molecule has 8 atom stereocenters. The molecule has 0 aromatic carbocycles. The van der Waals surface area contributed by atoms with Crippen molar-refractivity contribution in [2.24, 2.45) is 46.3 Å². The zero-order valence-electron chi connectivity index (χ0n) is 19.5. The summed E-state index contributed by atoms with van der Waals surface area (Å²) in [6.45, 7) is 14.0. The standard InChI is InChI=1S/C28H44O/c1-6-19(2)8-7-9-20(3)24-12-13-25-23-11-10-21-18-22(29)14-16-27(21,4)26(23)15-17-28(24,25)5/h6,18-20,23-26H,1,7-17H2,2-5H3/t19?,20?,23?,24-,25?,26?,27+,28-/m1/s1. The summed E-state index contributed by atoms with van der Waals surface area (Å²) in [5, 5.41) is 0. The minimum absolute atomic E-state index is 0.322. The van der Waals surface area contributed by atoms with Crippen LogP contribution in [0.5, 0.6) is 0 Å². The predicted octanol–water partition coefficient (Wildman–Crippen LogP) is 7.76. The highest BCUT2D eigenvalue weighted by molar-refractivity contribution is 5.91. The van der Waals surface area contributed by atoms with E-state index in [0.717, 1.165) is 42.4 Å². The van der Waals surface area contributed by atoms with Crippen LogP contribution in [0.2, 0.25) is 0 Å². The fraction of sp³-hybridized carbons (Fsp3) is 0.821. The van der Waals surface area contributed by atoms with E-state index in [0.29, 0.717) is 22.5 Å². The lowest BCUT2D eigenvalue weighted by molar-refractivity contribution is -0.117. The second-order valence-corrected chi connectivity index (χ2v) is 11.8. The molecule has 1 nitrogen and oxygen atoms in total. The largest absolute Gasteiger partial charge is 0.295 e. The summed E-state index contributed by atoms with van der Waals surface area (Å²) < 4.78 is 0. The zero-order chi connectivity index (χ0) is 20.8. The van der Waals surface area contributed by atoms with Crippen LogP contribution in [-0.2, 0) is 4.79 Å². The lowest BCUT2D eigenvalue weighted by Crippen LogP contribution is -2.50. The van der Waals surface area contributed by atoms with Crippen LogP contribution in [0.1, 0.15) is 98.3 Å². The molecule has 4 aliphatic rings. The summed E-state index contributed by atoms with van der Waals surface area (Å²) in [6, 6.07) is 0. The molecule has 4 rings (SSSR count). The van der Waals surface area contributed by atoms with Gasteiger partial charge >= 0.3 is 0 Å². The number of carbonyl (C=O) groups excluding carboxylic acids is 1.